The van der Waals surface area contributed by atoms with Crippen molar-refractivity contribution >= 4 is 5.97 Å². The minimum absolute atomic E-state index is 0.220. The largest absolute Gasteiger partial charge is 0.457 e. The lowest BCUT2D eigenvalue weighted by Gasteiger charge is -2.51. The molecule has 0 aliphatic carbocycles. The van der Waals surface area contributed by atoms with E-state index in [1.165, 1.54) is 21.3 Å². The number of hydrogen-bond donors (Lipinski definition) is 0. The first-order valence-electron chi connectivity index (χ1n) is 15.6. The molecule has 0 N–H and O–H groups in total. The summed E-state index contributed by atoms with van der Waals surface area (Å²) in [5.41, 5.74) is 2.37. The van der Waals surface area contributed by atoms with Gasteiger partial charge in [0.05, 0.1) is 5.56 Å². The fourth-order valence-electron chi connectivity index (χ4n) is 8.01. The molecule has 0 amide bonds. The Morgan fingerprint density at radius 1 is 0.667 bits per heavy atom. The van der Waals surface area contributed by atoms with E-state index in [1.54, 1.807) is 0 Å². The molecule has 230 valence electrons. The predicted octanol–water partition coefficient (Wildman–Crippen LogP) is 8.48. The third kappa shape index (κ3) is 6.77. The van der Waals surface area contributed by atoms with Crippen molar-refractivity contribution in [3.05, 3.63) is 70.8 Å². The first-order valence-corrected chi connectivity index (χ1v) is 15.6. The van der Waals surface area contributed by atoms with E-state index in [0.717, 1.165) is 31.2 Å². The van der Waals surface area contributed by atoms with Crippen molar-refractivity contribution < 1.29 is 19.9 Å². The highest BCUT2D eigenvalue weighted by Gasteiger charge is 2.48. The molecule has 6 heteroatoms. The topological polar surface area (TPSA) is 72.6 Å². The normalized spacial score (nSPS) is 24.2. The van der Waals surface area contributed by atoms with Crippen LogP contribution in [-0.4, -0.2) is 38.3 Å². The van der Waals surface area contributed by atoms with E-state index < -0.39 is 11.1 Å². The third-order valence-electron chi connectivity index (χ3n) is 10.2. The molecule has 2 heterocycles. The molecule has 2 aliphatic rings. The number of ether oxygens (including phenoxy) is 1. The van der Waals surface area contributed by atoms with Gasteiger partial charge in [-0.3, -0.25) is 0 Å². The summed E-state index contributed by atoms with van der Waals surface area (Å²) in [5.74, 6) is 1.10. The van der Waals surface area contributed by atoms with Gasteiger partial charge in [-0.05, 0) is 134 Å². The van der Waals surface area contributed by atoms with Crippen LogP contribution >= 0.6 is 0 Å². The SMILES string of the molecule is CC(c1ccc(COC(=O)c2ccc(C(C)C3CC(C)(C)N([O])C(C)(C)C3)cc2)cc1)C1CC(C)(C)N([O])C(C)(C)C1. The summed E-state index contributed by atoms with van der Waals surface area (Å²) < 4.78 is 5.66. The van der Waals surface area contributed by atoms with E-state index in [0.29, 0.717) is 23.3 Å². The highest BCUT2D eigenvalue weighted by atomic mass is 16.5. The first kappa shape index (κ1) is 32.7. The maximum absolute atomic E-state index is 12.8. The number of benzene rings is 2. The van der Waals surface area contributed by atoms with Crippen LogP contribution in [0.5, 0.6) is 0 Å². The number of carbonyl (C=O) groups is 1. The molecule has 2 fully saturated rings. The van der Waals surface area contributed by atoms with Crippen molar-refractivity contribution in [3.8, 4) is 0 Å². The Morgan fingerprint density at radius 2 is 1.00 bits per heavy atom. The van der Waals surface area contributed by atoms with E-state index in [1.807, 2.05) is 91.8 Å². The molecule has 0 bridgehead atoms. The summed E-state index contributed by atoms with van der Waals surface area (Å²) in [6.45, 7) is 21.0. The van der Waals surface area contributed by atoms with Crippen LogP contribution in [0.1, 0.15) is 134 Å². The fraction of sp³-hybridized carbons (Fsp3) is 0.639. The molecule has 0 aromatic heterocycles. The van der Waals surface area contributed by atoms with Crippen LogP contribution in [0.2, 0.25) is 0 Å². The van der Waals surface area contributed by atoms with Gasteiger partial charge < -0.3 is 4.74 Å². The summed E-state index contributed by atoms with van der Waals surface area (Å²) in [7, 11) is 0. The molecule has 6 nitrogen and oxygen atoms in total. The second-order valence-electron chi connectivity index (χ2n) is 15.7. The van der Waals surface area contributed by atoms with Crippen molar-refractivity contribution in [3.63, 3.8) is 0 Å². The fourth-order valence-corrected chi connectivity index (χ4v) is 8.01. The molecule has 2 aromatic carbocycles. The van der Waals surface area contributed by atoms with E-state index in [-0.39, 0.29) is 29.6 Å². The molecule has 2 radical (unpaired) electrons. The van der Waals surface area contributed by atoms with Crippen molar-refractivity contribution in [2.24, 2.45) is 11.8 Å². The number of carbonyl (C=O) groups excluding carboxylic acids is 1. The summed E-state index contributed by atoms with van der Waals surface area (Å²) in [5, 5.41) is 28.1. The number of nitrogens with zero attached hydrogens (tertiary/aromatic N) is 2. The summed E-state index contributed by atoms with van der Waals surface area (Å²) in [4.78, 5) is 12.8. The predicted molar refractivity (Wildman–Crippen MR) is 166 cm³/mol. The lowest BCUT2D eigenvalue weighted by atomic mass is 9.69. The maximum atomic E-state index is 12.8. The van der Waals surface area contributed by atoms with Gasteiger partial charge in [0, 0.05) is 22.2 Å². The van der Waals surface area contributed by atoms with Gasteiger partial charge in [-0.1, -0.05) is 50.2 Å². The number of hydroxylamine groups is 4. The quantitative estimate of drug-likeness (QED) is 0.310. The number of hydrogen-bond acceptors (Lipinski definition) is 4. The lowest BCUT2D eigenvalue weighted by molar-refractivity contribution is -0.295. The first-order chi connectivity index (χ1) is 19.3. The van der Waals surface area contributed by atoms with Gasteiger partial charge in [-0.25, -0.2) is 4.79 Å². The van der Waals surface area contributed by atoms with Gasteiger partial charge in [0.15, 0.2) is 0 Å². The van der Waals surface area contributed by atoms with E-state index in [9.17, 15) is 15.2 Å². The van der Waals surface area contributed by atoms with Crippen LogP contribution in [-0.2, 0) is 21.8 Å². The Hall–Kier alpha value is -2.25. The van der Waals surface area contributed by atoms with Gasteiger partial charge in [-0.2, -0.15) is 0 Å². The minimum atomic E-state index is -0.399. The number of piperidine rings is 2. The zero-order chi connectivity index (χ0) is 31.3. The lowest BCUT2D eigenvalue weighted by Crippen LogP contribution is -2.58. The standard InChI is InChI=1S/C36H52N2O4/c1-24(30-19-33(3,4)37(40)34(5,6)20-30)27-13-11-26(12-14-27)23-42-32(39)29-17-15-28(16-18-29)25(2)31-21-35(7,8)38(41)36(9,10)22-31/h11-18,24-25,30-31H,19-23H2,1-10H3. The third-order valence-corrected chi connectivity index (χ3v) is 10.2. The van der Waals surface area contributed by atoms with Crippen molar-refractivity contribution in [2.45, 2.75) is 136 Å². The Morgan fingerprint density at radius 3 is 1.36 bits per heavy atom. The Balaban J connectivity index is 1.33. The summed E-state index contributed by atoms with van der Waals surface area (Å²) in [6, 6.07) is 16.1. The van der Waals surface area contributed by atoms with Gasteiger partial charge in [-0.15, -0.1) is 20.5 Å². The van der Waals surface area contributed by atoms with Crippen molar-refractivity contribution in [1.29, 1.82) is 0 Å². The van der Waals surface area contributed by atoms with Crippen LogP contribution in [0.4, 0.5) is 0 Å². The second-order valence-corrected chi connectivity index (χ2v) is 15.7. The summed E-state index contributed by atoms with van der Waals surface area (Å²) >= 11 is 0. The van der Waals surface area contributed by atoms with Crippen LogP contribution in [0.25, 0.3) is 0 Å². The molecule has 2 aromatic rings. The molecule has 42 heavy (non-hydrogen) atoms. The van der Waals surface area contributed by atoms with Crippen LogP contribution in [0.3, 0.4) is 0 Å². The van der Waals surface area contributed by atoms with E-state index >= 15 is 0 Å². The van der Waals surface area contributed by atoms with Crippen LogP contribution in [0.15, 0.2) is 48.5 Å². The van der Waals surface area contributed by atoms with Gasteiger partial charge in [0.1, 0.15) is 6.61 Å². The van der Waals surface area contributed by atoms with E-state index in [2.05, 4.69) is 26.0 Å². The molecule has 2 unspecified atom stereocenters. The van der Waals surface area contributed by atoms with Gasteiger partial charge >= 0.3 is 5.97 Å². The minimum Gasteiger partial charge on any atom is -0.457 e. The molecular weight excluding hydrogens is 524 g/mol. The second kappa shape index (κ2) is 11.7. The monoisotopic (exact) mass is 576 g/mol. The van der Waals surface area contributed by atoms with E-state index in [4.69, 9.17) is 4.74 Å². The highest BCUT2D eigenvalue weighted by Crippen LogP contribution is 2.47. The highest BCUT2D eigenvalue weighted by molar-refractivity contribution is 5.89. The molecular formula is C36H52N2O4. The van der Waals surface area contributed by atoms with Crippen LogP contribution in [0, 0.1) is 11.8 Å². The Labute approximate surface area is 254 Å². The molecule has 2 atom stereocenters. The smallest absolute Gasteiger partial charge is 0.338 e. The van der Waals surface area contributed by atoms with Crippen molar-refractivity contribution in [2.75, 3.05) is 0 Å². The molecule has 2 aliphatic heterocycles. The Kier molecular flexibility index (Phi) is 9.08. The number of rotatable bonds is 7. The van der Waals surface area contributed by atoms with Crippen molar-refractivity contribution in [1.82, 2.24) is 10.1 Å². The molecule has 4 rings (SSSR count). The summed E-state index contributed by atoms with van der Waals surface area (Å²) in [6.07, 6.45) is 3.43. The average Bonchev–Trinajstić information content (AvgIpc) is 2.92. The average molecular weight is 577 g/mol. The number of esters is 1. The maximum Gasteiger partial charge on any atom is 0.338 e. The Bertz CT molecular complexity index is 1200. The molecule has 0 saturated carbocycles. The zero-order valence-electron chi connectivity index (χ0n) is 27.5. The van der Waals surface area contributed by atoms with Gasteiger partial charge in [0.2, 0.25) is 0 Å². The molecule has 2 saturated heterocycles. The zero-order valence-corrected chi connectivity index (χ0v) is 27.5. The van der Waals surface area contributed by atoms with Crippen LogP contribution < -0.4 is 0 Å². The molecule has 0 spiro atoms. The van der Waals surface area contributed by atoms with Gasteiger partial charge in [0.25, 0.3) is 0 Å².